The van der Waals surface area contributed by atoms with Gasteiger partial charge in [0.25, 0.3) is 0 Å². The minimum absolute atomic E-state index is 0.0694. The second-order valence-electron chi connectivity index (χ2n) is 4.63. The van der Waals surface area contributed by atoms with Gasteiger partial charge in [0.1, 0.15) is 6.04 Å². The van der Waals surface area contributed by atoms with Crippen LogP contribution in [0.25, 0.3) is 0 Å². The zero-order valence-corrected chi connectivity index (χ0v) is 11.3. The first kappa shape index (κ1) is 13.8. The lowest BCUT2D eigenvalue weighted by Gasteiger charge is -2.37. The smallest absolute Gasteiger partial charge is 0.244 e. The predicted molar refractivity (Wildman–Crippen MR) is 73.1 cm³/mol. The van der Waals surface area contributed by atoms with Crippen molar-refractivity contribution in [1.82, 2.24) is 5.32 Å². The molecule has 1 aliphatic rings. The molecule has 1 aromatic rings. The third-order valence-electron chi connectivity index (χ3n) is 3.37. The number of amides is 1. The zero-order chi connectivity index (χ0) is 13.8. The third-order valence-corrected chi connectivity index (χ3v) is 3.37. The van der Waals surface area contributed by atoms with Crippen LogP contribution in [0.3, 0.4) is 0 Å². The maximum atomic E-state index is 11.9. The average Bonchev–Trinajstić information content (AvgIpc) is 2.46. The van der Waals surface area contributed by atoms with E-state index in [1.54, 1.807) is 14.0 Å². The van der Waals surface area contributed by atoms with Crippen LogP contribution in [0.1, 0.15) is 18.6 Å². The first-order valence-electron chi connectivity index (χ1n) is 6.48. The number of ether oxygens (including phenoxy) is 1. The summed E-state index contributed by atoms with van der Waals surface area (Å²) in [4.78, 5) is 13.9. The Hall–Kier alpha value is -1.59. The normalized spacial score (nSPS) is 21.0. The van der Waals surface area contributed by atoms with Crippen LogP contribution in [0.2, 0.25) is 0 Å². The van der Waals surface area contributed by atoms with Gasteiger partial charge in [-0.2, -0.15) is 0 Å². The van der Waals surface area contributed by atoms with Crippen LogP contribution in [0, 0.1) is 0 Å². The highest BCUT2D eigenvalue weighted by Gasteiger charge is 2.30. The molecule has 1 aliphatic heterocycles. The van der Waals surface area contributed by atoms with Crippen molar-refractivity contribution in [3.8, 4) is 0 Å². The number of nitrogens with zero attached hydrogens (tertiary/aromatic N) is 1. The Balaban J connectivity index is 2.35. The lowest BCUT2D eigenvalue weighted by molar-refractivity contribution is -0.124. The fourth-order valence-electron chi connectivity index (χ4n) is 2.38. The van der Waals surface area contributed by atoms with Gasteiger partial charge in [-0.25, -0.2) is 0 Å². The van der Waals surface area contributed by atoms with Crippen LogP contribution >= 0.6 is 0 Å². The Morgan fingerprint density at radius 2 is 2.26 bits per heavy atom. The molecular formula is C14H20N2O3. The van der Waals surface area contributed by atoms with Gasteiger partial charge in [-0.05, 0) is 13.0 Å². The summed E-state index contributed by atoms with van der Waals surface area (Å²) in [6.45, 7) is 3.32. The van der Waals surface area contributed by atoms with Crippen LogP contribution in [0.4, 0.5) is 5.69 Å². The molecule has 1 heterocycles. The highest BCUT2D eigenvalue weighted by atomic mass is 16.5. The molecule has 19 heavy (non-hydrogen) atoms. The van der Waals surface area contributed by atoms with Crippen molar-refractivity contribution in [2.45, 2.75) is 19.1 Å². The van der Waals surface area contributed by atoms with Crippen molar-refractivity contribution >= 4 is 11.6 Å². The summed E-state index contributed by atoms with van der Waals surface area (Å²) >= 11 is 0. The molecular weight excluding hydrogens is 244 g/mol. The number of hydrogen-bond acceptors (Lipinski definition) is 4. The number of hydrogen-bond donors (Lipinski definition) is 2. The fraction of sp³-hybridized carbons (Fsp3) is 0.500. The minimum Gasteiger partial charge on any atom is -0.389 e. The van der Waals surface area contributed by atoms with Crippen molar-refractivity contribution in [2.75, 3.05) is 31.7 Å². The average molecular weight is 264 g/mol. The maximum absolute atomic E-state index is 11.9. The Bertz CT molecular complexity index is 448. The van der Waals surface area contributed by atoms with E-state index in [1.807, 2.05) is 29.2 Å². The van der Waals surface area contributed by atoms with E-state index in [-0.39, 0.29) is 11.9 Å². The van der Waals surface area contributed by atoms with Gasteiger partial charge in [-0.15, -0.1) is 0 Å². The predicted octanol–water partition coefficient (Wildman–Crippen LogP) is 0.691. The molecule has 5 nitrogen and oxygen atoms in total. The molecule has 0 saturated carbocycles. The summed E-state index contributed by atoms with van der Waals surface area (Å²) in [5.41, 5.74) is 1.73. The molecule has 1 unspecified atom stereocenters. The molecule has 0 spiro atoms. The van der Waals surface area contributed by atoms with Gasteiger partial charge in [0.05, 0.1) is 19.3 Å². The molecule has 1 fully saturated rings. The van der Waals surface area contributed by atoms with Crippen molar-refractivity contribution in [1.29, 1.82) is 0 Å². The maximum Gasteiger partial charge on any atom is 0.244 e. The number of morpholine rings is 1. The Morgan fingerprint density at radius 3 is 2.95 bits per heavy atom. The molecule has 1 amide bonds. The van der Waals surface area contributed by atoms with Gasteiger partial charge in [0.15, 0.2) is 0 Å². The third kappa shape index (κ3) is 2.88. The van der Waals surface area contributed by atoms with Crippen molar-refractivity contribution in [2.24, 2.45) is 0 Å². The van der Waals surface area contributed by atoms with Crippen LogP contribution in [-0.2, 0) is 9.53 Å². The molecule has 104 valence electrons. The minimum atomic E-state index is -0.565. The van der Waals surface area contributed by atoms with E-state index in [2.05, 4.69) is 5.32 Å². The van der Waals surface area contributed by atoms with Crippen LogP contribution in [-0.4, -0.2) is 43.9 Å². The van der Waals surface area contributed by atoms with Crippen molar-refractivity contribution < 1.29 is 14.6 Å². The monoisotopic (exact) mass is 264 g/mol. The summed E-state index contributed by atoms with van der Waals surface area (Å²) < 4.78 is 5.39. The molecule has 5 heteroatoms. The number of benzene rings is 1. The van der Waals surface area contributed by atoms with Crippen LogP contribution in [0.5, 0.6) is 0 Å². The number of aliphatic hydroxyl groups excluding tert-OH is 1. The molecule has 0 aliphatic carbocycles. The largest absolute Gasteiger partial charge is 0.389 e. The highest BCUT2D eigenvalue weighted by molar-refractivity contribution is 5.85. The number of carbonyl (C=O) groups is 1. The summed E-state index contributed by atoms with van der Waals surface area (Å²) in [5, 5.41) is 12.5. The van der Waals surface area contributed by atoms with Crippen molar-refractivity contribution in [3.63, 3.8) is 0 Å². The second kappa shape index (κ2) is 6.04. The van der Waals surface area contributed by atoms with Gasteiger partial charge in [0.2, 0.25) is 5.91 Å². The zero-order valence-electron chi connectivity index (χ0n) is 11.3. The molecule has 0 bridgehead atoms. The van der Waals surface area contributed by atoms with Gasteiger partial charge >= 0.3 is 0 Å². The fourth-order valence-corrected chi connectivity index (χ4v) is 2.38. The quantitative estimate of drug-likeness (QED) is 0.843. The molecule has 2 atom stereocenters. The topological polar surface area (TPSA) is 61.8 Å². The highest BCUT2D eigenvalue weighted by Crippen LogP contribution is 2.28. The summed E-state index contributed by atoms with van der Waals surface area (Å²) in [6.07, 6.45) is -0.565. The molecule has 2 rings (SSSR count). The summed E-state index contributed by atoms with van der Waals surface area (Å²) in [5.74, 6) is -0.0694. The Labute approximate surface area is 113 Å². The van der Waals surface area contributed by atoms with E-state index in [0.29, 0.717) is 19.8 Å². The van der Waals surface area contributed by atoms with E-state index in [1.165, 1.54) is 0 Å². The molecule has 0 aromatic heterocycles. The second-order valence-corrected chi connectivity index (χ2v) is 4.63. The van der Waals surface area contributed by atoms with Gasteiger partial charge < -0.3 is 20.1 Å². The number of carbonyl (C=O) groups excluding carboxylic acids is 1. The van der Waals surface area contributed by atoms with Crippen LogP contribution in [0.15, 0.2) is 24.3 Å². The van der Waals surface area contributed by atoms with E-state index >= 15 is 0 Å². The standard InChI is InChI=1S/C14H20N2O3/c1-10(17)11-5-3-4-6-12(11)16-7-8-19-9-13(16)14(18)15-2/h3-6,10,13,17H,7-9H2,1-2H3,(H,15,18)/t10-,13?/m0/s1. The molecule has 1 aromatic carbocycles. The summed E-state index contributed by atoms with van der Waals surface area (Å²) in [7, 11) is 1.62. The summed E-state index contributed by atoms with van der Waals surface area (Å²) in [6, 6.07) is 7.27. The number of nitrogens with one attached hydrogen (secondary N) is 1. The Kier molecular flexibility index (Phi) is 4.39. The van der Waals surface area contributed by atoms with E-state index in [9.17, 15) is 9.90 Å². The van der Waals surface area contributed by atoms with E-state index in [0.717, 1.165) is 11.3 Å². The lowest BCUT2D eigenvalue weighted by Crippen LogP contribution is -2.53. The van der Waals surface area contributed by atoms with Crippen molar-refractivity contribution in [3.05, 3.63) is 29.8 Å². The molecule has 2 N–H and O–H groups in total. The number of anilines is 1. The number of rotatable bonds is 3. The van der Waals surface area contributed by atoms with Gasteiger partial charge in [-0.3, -0.25) is 4.79 Å². The lowest BCUT2D eigenvalue weighted by atomic mass is 10.0. The van der Waals surface area contributed by atoms with E-state index < -0.39 is 6.10 Å². The molecule has 1 saturated heterocycles. The number of aliphatic hydroxyl groups is 1. The van der Waals surface area contributed by atoms with Crippen LogP contribution < -0.4 is 10.2 Å². The van der Waals surface area contributed by atoms with E-state index in [4.69, 9.17) is 4.74 Å². The number of para-hydroxylation sites is 1. The SMILES string of the molecule is CNC(=O)C1COCCN1c1ccccc1[C@H](C)O. The molecule has 0 radical (unpaired) electrons. The number of likely N-dealkylation sites (N-methyl/N-ethyl adjacent to an activating group) is 1. The van der Waals surface area contributed by atoms with Gasteiger partial charge in [0, 0.05) is 24.8 Å². The first-order valence-corrected chi connectivity index (χ1v) is 6.48. The Morgan fingerprint density at radius 1 is 1.53 bits per heavy atom. The van der Waals surface area contributed by atoms with Gasteiger partial charge in [-0.1, -0.05) is 18.2 Å². The first-order chi connectivity index (χ1) is 9.15.